The average molecular weight is 200 g/mol. The summed E-state index contributed by atoms with van der Waals surface area (Å²) in [5, 5.41) is 9.30. The maximum Gasteiger partial charge on any atom is 0.0721 e. The highest BCUT2D eigenvalue weighted by Crippen LogP contribution is 2.19. The molecule has 0 radical (unpaired) electrons. The average Bonchev–Trinajstić information content (AvgIpc) is 2.30. The van der Waals surface area contributed by atoms with Gasteiger partial charge in [0.1, 0.15) is 0 Å². The number of rotatable bonds is 2. The molecule has 1 aromatic rings. The van der Waals surface area contributed by atoms with Crippen molar-refractivity contribution < 1.29 is 5.11 Å². The van der Waals surface area contributed by atoms with Gasteiger partial charge in [0.2, 0.25) is 0 Å². The highest BCUT2D eigenvalue weighted by atomic mass is 16.3. The van der Waals surface area contributed by atoms with E-state index in [4.69, 9.17) is 0 Å². The Hall–Kier alpha value is -1.34. The molecule has 1 N–H and O–H groups in total. The molecule has 78 valence electrons. The normalized spacial score (nSPS) is 25.9. The predicted molar refractivity (Wildman–Crippen MR) is 63.3 cm³/mol. The van der Waals surface area contributed by atoms with E-state index in [-0.39, 0.29) is 6.10 Å². The van der Waals surface area contributed by atoms with Gasteiger partial charge in [-0.1, -0.05) is 54.6 Å². The summed E-state index contributed by atoms with van der Waals surface area (Å²) in [4.78, 5) is 0. The monoisotopic (exact) mass is 200 g/mol. The lowest BCUT2D eigenvalue weighted by Gasteiger charge is -2.16. The maximum atomic E-state index is 9.30. The zero-order valence-electron chi connectivity index (χ0n) is 8.71. The molecular formula is C14H16O. The summed E-state index contributed by atoms with van der Waals surface area (Å²) in [6.07, 6.45) is 10.0. The van der Waals surface area contributed by atoms with Crippen molar-refractivity contribution in [2.75, 3.05) is 0 Å². The van der Waals surface area contributed by atoms with E-state index in [1.165, 1.54) is 5.56 Å². The summed E-state index contributed by atoms with van der Waals surface area (Å²) in [5.74, 6) is 0.480. The van der Waals surface area contributed by atoms with Crippen LogP contribution in [0.25, 0.3) is 6.08 Å². The Labute approximate surface area is 90.8 Å². The maximum absolute atomic E-state index is 9.30. The quantitative estimate of drug-likeness (QED) is 0.727. The van der Waals surface area contributed by atoms with E-state index in [9.17, 15) is 5.11 Å². The molecule has 0 amide bonds. The molecule has 0 heterocycles. The first-order valence-electron chi connectivity index (χ1n) is 5.44. The lowest BCUT2D eigenvalue weighted by Crippen LogP contribution is -2.10. The molecule has 2 atom stereocenters. The highest BCUT2D eigenvalue weighted by molar-refractivity contribution is 5.49. The van der Waals surface area contributed by atoms with E-state index in [1.54, 1.807) is 0 Å². The fraction of sp³-hybridized carbons (Fsp3) is 0.286. The molecule has 1 aromatic carbocycles. The first-order valence-corrected chi connectivity index (χ1v) is 5.44. The fourth-order valence-corrected chi connectivity index (χ4v) is 1.79. The first kappa shape index (κ1) is 10.2. The van der Waals surface area contributed by atoms with Crippen molar-refractivity contribution in [3.05, 3.63) is 54.1 Å². The van der Waals surface area contributed by atoms with Crippen molar-refractivity contribution in [3.63, 3.8) is 0 Å². The Morgan fingerprint density at radius 1 is 1.07 bits per heavy atom. The van der Waals surface area contributed by atoms with Crippen LogP contribution < -0.4 is 0 Å². The van der Waals surface area contributed by atoms with Crippen LogP contribution in [0.1, 0.15) is 18.4 Å². The Balaban J connectivity index is 1.98. The largest absolute Gasteiger partial charge is 0.389 e. The molecule has 0 bridgehead atoms. The number of benzene rings is 1. The van der Waals surface area contributed by atoms with Gasteiger partial charge in [-0.3, -0.25) is 0 Å². The van der Waals surface area contributed by atoms with Crippen LogP contribution in [-0.2, 0) is 0 Å². The van der Waals surface area contributed by atoms with Crippen molar-refractivity contribution in [2.45, 2.75) is 18.9 Å². The van der Waals surface area contributed by atoms with Crippen LogP contribution in [0.2, 0.25) is 0 Å². The van der Waals surface area contributed by atoms with E-state index in [2.05, 4.69) is 30.4 Å². The number of aliphatic hydroxyl groups excluding tert-OH is 1. The summed E-state index contributed by atoms with van der Waals surface area (Å²) in [6, 6.07) is 10.3. The van der Waals surface area contributed by atoms with E-state index in [0.29, 0.717) is 5.92 Å². The van der Waals surface area contributed by atoms with Gasteiger partial charge in [-0.2, -0.15) is 0 Å². The first-order chi connectivity index (χ1) is 7.34. The van der Waals surface area contributed by atoms with Gasteiger partial charge in [0.15, 0.2) is 0 Å². The third-order valence-electron chi connectivity index (χ3n) is 2.71. The number of allylic oxidation sites excluding steroid dienone is 2. The summed E-state index contributed by atoms with van der Waals surface area (Å²) >= 11 is 0. The predicted octanol–water partition coefficient (Wildman–Crippen LogP) is 3.03. The van der Waals surface area contributed by atoms with E-state index in [0.717, 1.165) is 12.8 Å². The minimum atomic E-state index is -0.230. The van der Waals surface area contributed by atoms with Crippen LogP contribution in [0, 0.1) is 5.92 Å². The lowest BCUT2D eigenvalue weighted by atomic mass is 9.93. The smallest absolute Gasteiger partial charge is 0.0721 e. The second kappa shape index (κ2) is 4.94. The topological polar surface area (TPSA) is 20.2 Å². The molecule has 15 heavy (non-hydrogen) atoms. The summed E-state index contributed by atoms with van der Waals surface area (Å²) in [5.41, 5.74) is 1.23. The number of hydrogen-bond acceptors (Lipinski definition) is 1. The van der Waals surface area contributed by atoms with Gasteiger partial charge in [-0.05, 0) is 24.3 Å². The Bertz CT molecular complexity index is 351. The van der Waals surface area contributed by atoms with Crippen LogP contribution in [-0.4, -0.2) is 11.2 Å². The molecule has 1 nitrogen and oxygen atoms in total. The molecule has 0 fully saturated rings. The zero-order chi connectivity index (χ0) is 10.5. The van der Waals surface area contributed by atoms with Crippen molar-refractivity contribution in [1.82, 2.24) is 0 Å². The molecule has 0 aliphatic heterocycles. The number of aliphatic hydroxyl groups is 1. The molecule has 1 aliphatic carbocycles. The second-order valence-corrected chi connectivity index (χ2v) is 3.96. The van der Waals surface area contributed by atoms with Crippen molar-refractivity contribution in [2.24, 2.45) is 5.92 Å². The van der Waals surface area contributed by atoms with Gasteiger partial charge in [0.05, 0.1) is 6.10 Å². The van der Waals surface area contributed by atoms with E-state index < -0.39 is 0 Å². The molecular weight excluding hydrogens is 184 g/mol. The molecule has 0 saturated carbocycles. The van der Waals surface area contributed by atoms with Crippen LogP contribution in [0.4, 0.5) is 0 Å². The second-order valence-electron chi connectivity index (χ2n) is 3.96. The van der Waals surface area contributed by atoms with Gasteiger partial charge >= 0.3 is 0 Å². The summed E-state index contributed by atoms with van der Waals surface area (Å²) in [6.45, 7) is 0. The molecule has 1 aliphatic rings. The number of hydrogen-bond donors (Lipinski definition) is 1. The van der Waals surface area contributed by atoms with Gasteiger partial charge in [0.25, 0.3) is 0 Å². The van der Waals surface area contributed by atoms with Crippen LogP contribution in [0.15, 0.2) is 48.6 Å². The molecule has 0 spiro atoms. The Kier molecular flexibility index (Phi) is 3.36. The minimum Gasteiger partial charge on any atom is -0.389 e. The van der Waals surface area contributed by atoms with E-state index in [1.807, 2.05) is 24.3 Å². The van der Waals surface area contributed by atoms with Crippen LogP contribution >= 0.6 is 0 Å². The Morgan fingerprint density at radius 2 is 1.87 bits per heavy atom. The standard InChI is InChI=1S/C14H16O/c15-14-10-8-13(9-11-14)7-6-12-4-2-1-3-5-12/h1-8,10,13-15H,9,11H2/b7-6-. The Morgan fingerprint density at radius 3 is 2.53 bits per heavy atom. The highest BCUT2D eigenvalue weighted by Gasteiger charge is 2.10. The van der Waals surface area contributed by atoms with Gasteiger partial charge in [-0.15, -0.1) is 0 Å². The third kappa shape index (κ3) is 3.07. The molecule has 1 heteroatoms. The van der Waals surface area contributed by atoms with Crippen molar-refractivity contribution in [3.8, 4) is 0 Å². The van der Waals surface area contributed by atoms with Crippen LogP contribution in [0.3, 0.4) is 0 Å². The minimum absolute atomic E-state index is 0.230. The summed E-state index contributed by atoms with van der Waals surface area (Å²) < 4.78 is 0. The van der Waals surface area contributed by atoms with Crippen molar-refractivity contribution >= 4 is 6.08 Å². The van der Waals surface area contributed by atoms with Crippen molar-refractivity contribution in [1.29, 1.82) is 0 Å². The van der Waals surface area contributed by atoms with Gasteiger partial charge < -0.3 is 5.11 Å². The molecule has 0 saturated heterocycles. The van der Waals surface area contributed by atoms with Crippen LogP contribution in [0.5, 0.6) is 0 Å². The van der Waals surface area contributed by atoms with Gasteiger partial charge in [0, 0.05) is 0 Å². The van der Waals surface area contributed by atoms with Gasteiger partial charge in [-0.25, -0.2) is 0 Å². The summed E-state index contributed by atoms with van der Waals surface area (Å²) in [7, 11) is 0. The zero-order valence-corrected chi connectivity index (χ0v) is 8.71. The fourth-order valence-electron chi connectivity index (χ4n) is 1.79. The molecule has 2 unspecified atom stereocenters. The molecule has 2 rings (SSSR count). The third-order valence-corrected chi connectivity index (χ3v) is 2.71. The van der Waals surface area contributed by atoms with E-state index >= 15 is 0 Å². The lowest BCUT2D eigenvalue weighted by molar-refractivity contribution is 0.199. The molecule has 0 aromatic heterocycles. The SMILES string of the molecule is OC1C=CC(/C=C\c2ccccc2)CC1.